The van der Waals surface area contributed by atoms with Crippen molar-refractivity contribution in [3.63, 3.8) is 0 Å². The van der Waals surface area contributed by atoms with Gasteiger partial charge in [0.05, 0.1) is 24.2 Å². The van der Waals surface area contributed by atoms with Crippen LogP contribution >= 0.6 is 0 Å². The van der Waals surface area contributed by atoms with Crippen LogP contribution in [0.2, 0.25) is 0 Å². The second-order valence-electron chi connectivity index (χ2n) is 22.0. The lowest BCUT2D eigenvalue weighted by molar-refractivity contribution is 0.0238. The normalized spacial score (nSPS) is 24.0. The van der Waals surface area contributed by atoms with Crippen molar-refractivity contribution in [2.75, 3.05) is 0 Å². The topological polar surface area (TPSA) is 233 Å². The molecule has 1 N–H and O–H groups in total. The molecule has 0 bridgehead atoms. The number of hydrogen-bond donors (Lipinski definition) is 1. The van der Waals surface area contributed by atoms with Gasteiger partial charge in [-0.25, -0.2) is 0 Å². The molecule has 3 saturated carbocycles. The third kappa shape index (κ3) is 5.86. The highest BCUT2D eigenvalue weighted by Crippen LogP contribution is 2.46. The molecule has 9 aliphatic rings. The van der Waals surface area contributed by atoms with E-state index in [0.29, 0.717) is 38.5 Å². The Morgan fingerprint density at radius 1 is 0.244 bits per heavy atom. The minimum atomic E-state index is -0.979. The average molecular weight is 1040 g/mol. The van der Waals surface area contributed by atoms with Crippen LogP contribution in [0.25, 0.3) is 32.3 Å². The molecule has 4 atom stereocenters. The van der Waals surface area contributed by atoms with Gasteiger partial charge < -0.3 is 0 Å². The van der Waals surface area contributed by atoms with Crippen molar-refractivity contribution in [3.05, 3.63) is 140 Å². The third-order valence-corrected chi connectivity index (χ3v) is 18.3. The molecule has 15 rings (SSSR count). The molecule has 3 fully saturated rings. The summed E-state index contributed by atoms with van der Waals surface area (Å²) in [5, 5.41) is 3.39. The highest BCUT2D eigenvalue weighted by Gasteiger charge is 2.52. The minimum absolute atomic E-state index is 0.0383. The monoisotopic (exact) mass is 1040 g/mol. The van der Waals surface area contributed by atoms with E-state index in [0.717, 1.165) is 38.9 Å². The zero-order valence-electron chi connectivity index (χ0n) is 41.6. The molecule has 6 heterocycles. The zero-order chi connectivity index (χ0) is 53.5. The summed E-state index contributed by atoms with van der Waals surface area (Å²) in [7, 11) is 0. The number of carbonyl (C=O) groups excluding carboxylic acids is 12. The molecular weight excluding hydrogens is 997 g/mol. The molecular formula is C60H44N6O12. The highest BCUT2D eigenvalue weighted by molar-refractivity contribution is 6.36. The molecule has 18 heteroatoms. The summed E-state index contributed by atoms with van der Waals surface area (Å²) in [5.74, 6) is -7.89. The Hall–Kier alpha value is -9.06. The van der Waals surface area contributed by atoms with Gasteiger partial charge in [0.15, 0.2) is 0 Å². The Morgan fingerprint density at radius 2 is 0.436 bits per heavy atom. The molecule has 0 saturated heterocycles. The SMILES string of the molecule is O=C1NC(=O)c2ccc3c4c(ccc1c24)C(=O)N([C@H]1CCCC[C@@H]1N1C(=O)c2ccc4c5c(ccc(c25)C1=O)C(=O)N([C@H]1CCCC[C@@H]1N1C(=O)c2ccc5c6c(ccc(c26)C1=O)C(=O)N(C1CCCCC1)C5=O)C4=O)C3=O. The fourth-order valence-electron chi connectivity index (χ4n) is 14.9. The number of nitrogens with one attached hydrogen (secondary N) is 1. The van der Waals surface area contributed by atoms with Crippen LogP contribution in [0.4, 0.5) is 0 Å². The van der Waals surface area contributed by atoms with Gasteiger partial charge in [0.25, 0.3) is 70.9 Å². The number of imide groups is 6. The first-order valence-electron chi connectivity index (χ1n) is 26.8. The average Bonchev–Trinajstić information content (AvgIpc) is 3.62. The van der Waals surface area contributed by atoms with Crippen LogP contribution in [0.3, 0.4) is 0 Å². The maximum absolute atomic E-state index is 15.1. The summed E-state index contributed by atoms with van der Waals surface area (Å²) in [4.78, 5) is 179. The van der Waals surface area contributed by atoms with Crippen LogP contribution in [0.15, 0.2) is 72.8 Å². The predicted molar refractivity (Wildman–Crippen MR) is 275 cm³/mol. The van der Waals surface area contributed by atoms with Gasteiger partial charge in [-0.05, 0) is 111 Å². The van der Waals surface area contributed by atoms with E-state index in [2.05, 4.69) is 5.32 Å². The molecule has 78 heavy (non-hydrogen) atoms. The first-order valence-corrected chi connectivity index (χ1v) is 26.8. The van der Waals surface area contributed by atoms with Crippen molar-refractivity contribution in [1.29, 1.82) is 0 Å². The molecule has 386 valence electrons. The molecule has 0 spiro atoms. The minimum Gasteiger partial charge on any atom is -0.288 e. The van der Waals surface area contributed by atoms with Gasteiger partial charge in [-0.1, -0.05) is 44.9 Å². The Morgan fingerprint density at radius 3 is 0.679 bits per heavy atom. The van der Waals surface area contributed by atoms with Crippen molar-refractivity contribution in [3.8, 4) is 0 Å². The predicted octanol–water partition coefficient (Wildman–Crippen LogP) is 7.37. The summed E-state index contributed by atoms with van der Waals surface area (Å²) in [6.45, 7) is 0. The van der Waals surface area contributed by atoms with E-state index in [1.807, 2.05) is 0 Å². The maximum atomic E-state index is 15.1. The molecule has 3 aliphatic carbocycles. The van der Waals surface area contributed by atoms with Crippen molar-refractivity contribution in [2.45, 2.75) is 114 Å². The number of carbonyl (C=O) groups is 12. The highest BCUT2D eigenvalue weighted by atomic mass is 16.2. The largest absolute Gasteiger partial charge is 0.288 e. The Balaban J connectivity index is 0.746. The summed E-state index contributed by atoms with van der Waals surface area (Å²) in [5.41, 5.74) is 1.39. The van der Waals surface area contributed by atoms with Gasteiger partial charge in [0.1, 0.15) is 0 Å². The zero-order valence-corrected chi connectivity index (χ0v) is 41.6. The lowest BCUT2D eigenvalue weighted by Gasteiger charge is -2.46. The van der Waals surface area contributed by atoms with E-state index < -0.39 is 95.1 Å². The van der Waals surface area contributed by atoms with Gasteiger partial charge in [-0.3, -0.25) is 87.4 Å². The standard InChI is InChI=1S/C60H44N6O12/c67-49-27-14-16-31-44-32(17-15-28(43(27)44)50(68)61-49)54(72)63(53(31)71)39-10-4-5-11-40(39)65-57(75)35-22-24-37-48-38(25-23-36(47(35)48)58(65)76)60(78)66(59(37)77)42-13-7-6-12-41(42)64-55(73)33-20-18-29-45-30(19-21-34(46(33)45)56(64)74)52(70)62(51(29)69)26-8-2-1-3-9-26/h14-26,39-42H,1-13H2,(H,61,67,68)/t39-,40-,41-,42-/m0/s1. The molecule has 12 amide bonds. The summed E-state index contributed by atoms with van der Waals surface area (Å²) >= 11 is 0. The number of rotatable bonds is 5. The Kier molecular flexibility index (Phi) is 9.63. The summed E-state index contributed by atoms with van der Waals surface area (Å²) < 4.78 is 0. The molecule has 6 aliphatic heterocycles. The van der Waals surface area contributed by atoms with E-state index in [1.165, 1.54) is 65.6 Å². The second kappa shape index (κ2) is 16.2. The van der Waals surface area contributed by atoms with Crippen LogP contribution in [-0.4, -0.2) is 126 Å². The van der Waals surface area contributed by atoms with Crippen LogP contribution in [0.5, 0.6) is 0 Å². The van der Waals surface area contributed by atoms with Gasteiger partial charge in [-0.15, -0.1) is 0 Å². The van der Waals surface area contributed by atoms with E-state index in [4.69, 9.17) is 0 Å². The van der Waals surface area contributed by atoms with Gasteiger partial charge in [0.2, 0.25) is 0 Å². The summed E-state index contributed by atoms with van der Waals surface area (Å²) in [6.07, 6.45) is 7.53. The van der Waals surface area contributed by atoms with E-state index in [-0.39, 0.29) is 131 Å². The van der Waals surface area contributed by atoms with E-state index in [9.17, 15) is 38.4 Å². The molecule has 0 unspecified atom stereocenters. The van der Waals surface area contributed by atoms with E-state index >= 15 is 19.2 Å². The number of amides is 12. The summed E-state index contributed by atoms with van der Waals surface area (Å²) in [6, 6.07) is 13.5. The Bertz CT molecular complexity index is 3850. The van der Waals surface area contributed by atoms with Crippen LogP contribution < -0.4 is 5.32 Å². The molecule has 6 aromatic rings. The Labute approximate surface area is 442 Å². The van der Waals surface area contributed by atoms with E-state index in [1.54, 1.807) is 12.1 Å². The van der Waals surface area contributed by atoms with Crippen molar-refractivity contribution in [2.24, 2.45) is 0 Å². The van der Waals surface area contributed by atoms with Gasteiger partial charge in [0, 0.05) is 105 Å². The maximum Gasteiger partial charge on any atom is 0.261 e. The molecule has 0 aromatic heterocycles. The lowest BCUT2D eigenvalue weighted by Crippen LogP contribution is -2.61. The van der Waals surface area contributed by atoms with Crippen molar-refractivity contribution < 1.29 is 57.5 Å². The molecule has 6 aromatic carbocycles. The molecule has 0 radical (unpaired) electrons. The quantitative estimate of drug-likeness (QED) is 0.167. The van der Waals surface area contributed by atoms with Crippen LogP contribution in [-0.2, 0) is 0 Å². The van der Waals surface area contributed by atoms with Crippen LogP contribution in [0, 0.1) is 0 Å². The fraction of sp³-hybridized carbons (Fsp3) is 0.300. The van der Waals surface area contributed by atoms with Crippen LogP contribution in [0.1, 0.15) is 208 Å². The molecule has 18 nitrogen and oxygen atoms in total. The number of benzene rings is 6. The lowest BCUT2D eigenvalue weighted by atomic mass is 9.80. The smallest absolute Gasteiger partial charge is 0.261 e. The van der Waals surface area contributed by atoms with Crippen molar-refractivity contribution >= 4 is 103 Å². The van der Waals surface area contributed by atoms with Gasteiger partial charge in [-0.2, -0.15) is 0 Å². The van der Waals surface area contributed by atoms with Gasteiger partial charge >= 0.3 is 0 Å². The first kappa shape index (κ1) is 46.3. The first-order chi connectivity index (χ1) is 37.8. The fourth-order valence-corrected chi connectivity index (χ4v) is 14.9. The number of nitrogens with zero attached hydrogens (tertiary/aromatic N) is 5. The second-order valence-corrected chi connectivity index (χ2v) is 22.0. The number of hydrogen-bond acceptors (Lipinski definition) is 12. The third-order valence-electron chi connectivity index (χ3n) is 18.3. The van der Waals surface area contributed by atoms with Crippen molar-refractivity contribution in [1.82, 2.24) is 29.8 Å².